The third kappa shape index (κ3) is 5.76. The highest BCUT2D eigenvalue weighted by Gasteiger charge is 2.17. The van der Waals surface area contributed by atoms with E-state index in [0.29, 0.717) is 11.3 Å². The van der Waals surface area contributed by atoms with Crippen molar-refractivity contribution in [3.05, 3.63) is 59.2 Å². The normalized spacial score (nSPS) is 14.3. The van der Waals surface area contributed by atoms with Crippen LogP contribution in [0.1, 0.15) is 48.0 Å². The molecule has 0 saturated heterocycles. The first kappa shape index (κ1) is 20.8. The largest absolute Gasteiger partial charge is 0.376 e. The minimum absolute atomic E-state index is 0.0918. The van der Waals surface area contributed by atoms with Gasteiger partial charge < -0.3 is 16.0 Å². The zero-order chi connectivity index (χ0) is 20.8. The van der Waals surface area contributed by atoms with Crippen molar-refractivity contribution in [2.75, 3.05) is 17.2 Å². The number of carbonyl (C=O) groups is 2. The van der Waals surface area contributed by atoms with Gasteiger partial charge in [0.1, 0.15) is 11.6 Å². The highest BCUT2D eigenvalue weighted by molar-refractivity contribution is 5.96. The van der Waals surface area contributed by atoms with Crippen molar-refractivity contribution in [2.45, 2.75) is 45.1 Å². The fraction of sp³-hybridized carbons (Fsp3) is 0.364. The lowest BCUT2D eigenvalue weighted by Crippen LogP contribution is -2.36. The first-order valence-corrected chi connectivity index (χ1v) is 9.82. The monoisotopic (exact) mass is 401 g/mol. The van der Waals surface area contributed by atoms with E-state index in [1.54, 1.807) is 18.2 Å². The van der Waals surface area contributed by atoms with Crippen LogP contribution in [0.25, 0.3) is 0 Å². The zero-order valence-corrected chi connectivity index (χ0v) is 16.4. The average molecular weight is 401 g/mol. The summed E-state index contributed by atoms with van der Waals surface area (Å²) in [6, 6.07) is 8.32. The van der Waals surface area contributed by atoms with Crippen molar-refractivity contribution in [2.24, 2.45) is 0 Å². The fourth-order valence-electron chi connectivity index (χ4n) is 3.48. The quantitative estimate of drug-likeness (QED) is 0.673. The summed E-state index contributed by atoms with van der Waals surface area (Å²) >= 11 is 0. The smallest absolute Gasteiger partial charge is 0.251 e. The van der Waals surface area contributed by atoms with Gasteiger partial charge in [0.25, 0.3) is 5.91 Å². The molecule has 1 aliphatic rings. The molecule has 0 bridgehead atoms. The molecule has 1 saturated carbocycles. The second-order valence-corrected chi connectivity index (χ2v) is 7.36. The van der Waals surface area contributed by atoms with Gasteiger partial charge in [-0.1, -0.05) is 19.3 Å². The predicted octanol–water partition coefficient (Wildman–Crippen LogP) is 4.39. The highest BCUT2D eigenvalue weighted by Crippen LogP contribution is 2.20. The molecule has 3 N–H and O–H groups in total. The number of carbonyl (C=O) groups excluding carboxylic acids is 2. The van der Waals surface area contributed by atoms with Gasteiger partial charge in [-0.05, 0) is 55.7 Å². The fourth-order valence-corrected chi connectivity index (χ4v) is 3.48. The Morgan fingerprint density at radius 3 is 2.48 bits per heavy atom. The molecule has 7 heteroatoms. The Bertz CT molecular complexity index is 896. The van der Waals surface area contributed by atoms with Crippen LogP contribution in [0.15, 0.2) is 36.4 Å². The molecule has 0 atom stereocenters. The van der Waals surface area contributed by atoms with Crippen LogP contribution in [0, 0.1) is 18.6 Å². The maximum atomic E-state index is 13.6. The Hall–Kier alpha value is -2.96. The van der Waals surface area contributed by atoms with E-state index in [1.165, 1.54) is 6.42 Å². The molecule has 2 aromatic carbocycles. The van der Waals surface area contributed by atoms with Gasteiger partial charge >= 0.3 is 0 Å². The van der Waals surface area contributed by atoms with E-state index < -0.39 is 17.5 Å². The van der Waals surface area contributed by atoms with Crippen LogP contribution in [0.4, 0.5) is 20.2 Å². The lowest BCUT2D eigenvalue weighted by atomic mass is 9.95. The molecule has 2 amide bonds. The molecule has 0 aliphatic heterocycles. The number of amides is 2. The standard InChI is InChI=1S/C22H25F2N3O2/c1-14-11-15(22(29)26-17-5-3-2-4-6-17)7-10-19(14)25-13-21(28)27-20-12-16(23)8-9-18(20)24/h7-12,17,25H,2-6,13H2,1H3,(H,26,29)(H,27,28). The predicted molar refractivity (Wildman–Crippen MR) is 109 cm³/mol. The lowest BCUT2D eigenvalue weighted by molar-refractivity contribution is -0.114. The van der Waals surface area contributed by atoms with E-state index in [4.69, 9.17) is 0 Å². The molecular weight excluding hydrogens is 376 g/mol. The van der Waals surface area contributed by atoms with Crippen LogP contribution >= 0.6 is 0 Å². The maximum Gasteiger partial charge on any atom is 0.251 e. The van der Waals surface area contributed by atoms with Crippen molar-refractivity contribution in [3.63, 3.8) is 0 Å². The summed E-state index contributed by atoms with van der Waals surface area (Å²) in [6.07, 6.45) is 5.56. The second-order valence-electron chi connectivity index (χ2n) is 7.36. The van der Waals surface area contributed by atoms with Gasteiger partial charge in [-0.15, -0.1) is 0 Å². The Morgan fingerprint density at radius 2 is 1.76 bits per heavy atom. The third-order valence-corrected chi connectivity index (χ3v) is 5.07. The first-order valence-electron chi connectivity index (χ1n) is 9.82. The Morgan fingerprint density at radius 1 is 1.00 bits per heavy atom. The zero-order valence-electron chi connectivity index (χ0n) is 16.4. The van der Waals surface area contributed by atoms with Gasteiger partial charge in [-0.25, -0.2) is 8.78 Å². The minimum Gasteiger partial charge on any atom is -0.376 e. The van der Waals surface area contributed by atoms with Crippen LogP contribution in [0.3, 0.4) is 0 Å². The van der Waals surface area contributed by atoms with Crippen molar-refractivity contribution >= 4 is 23.2 Å². The van der Waals surface area contributed by atoms with Crippen molar-refractivity contribution in [1.29, 1.82) is 0 Å². The van der Waals surface area contributed by atoms with Crippen LogP contribution in [-0.2, 0) is 4.79 Å². The lowest BCUT2D eigenvalue weighted by Gasteiger charge is -2.23. The Labute approximate surface area is 168 Å². The molecule has 0 aromatic heterocycles. The summed E-state index contributed by atoms with van der Waals surface area (Å²) in [5, 5.41) is 8.37. The third-order valence-electron chi connectivity index (χ3n) is 5.07. The van der Waals surface area contributed by atoms with Gasteiger partial charge in [-0.3, -0.25) is 9.59 Å². The summed E-state index contributed by atoms with van der Waals surface area (Å²) in [4.78, 5) is 24.5. The first-order chi connectivity index (χ1) is 13.9. The molecule has 29 heavy (non-hydrogen) atoms. The van der Waals surface area contributed by atoms with E-state index in [0.717, 1.165) is 49.4 Å². The molecule has 3 rings (SSSR count). The molecular formula is C22H25F2N3O2. The summed E-state index contributed by atoms with van der Waals surface area (Å²) in [6.45, 7) is 1.72. The van der Waals surface area contributed by atoms with Gasteiger partial charge in [0.05, 0.1) is 12.2 Å². The number of anilines is 2. The van der Waals surface area contributed by atoms with Gasteiger partial charge in [0, 0.05) is 23.4 Å². The van der Waals surface area contributed by atoms with E-state index >= 15 is 0 Å². The minimum atomic E-state index is -0.704. The number of benzene rings is 2. The Balaban J connectivity index is 1.55. The van der Waals surface area contributed by atoms with E-state index in [2.05, 4.69) is 16.0 Å². The van der Waals surface area contributed by atoms with Crippen LogP contribution in [-0.4, -0.2) is 24.4 Å². The molecule has 0 spiro atoms. The van der Waals surface area contributed by atoms with Crippen molar-refractivity contribution in [1.82, 2.24) is 5.32 Å². The summed E-state index contributed by atoms with van der Waals surface area (Å²) in [5.74, 6) is -1.93. The molecule has 1 fully saturated rings. The molecule has 5 nitrogen and oxygen atoms in total. The number of nitrogens with one attached hydrogen (secondary N) is 3. The Kier molecular flexibility index (Phi) is 6.80. The molecule has 154 valence electrons. The summed E-state index contributed by atoms with van der Waals surface area (Å²) < 4.78 is 26.8. The van der Waals surface area contributed by atoms with E-state index in [1.807, 2.05) is 6.92 Å². The van der Waals surface area contributed by atoms with Gasteiger partial charge in [-0.2, -0.15) is 0 Å². The number of hydrogen-bond donors (Lipinski definition) is 3. The van der Waals surface area contributed by atoms with Crippen LogP contribution < -0.4 is 16.0 Å². The van der Waals surface area contributed by atoms with Crippen molar-refractivity contribution < 1.29 is 18.4 Å². The van der Waals surface area contributed by atoms with E-state index in [-0.39, 0.29) is 24.2 Å². The molecule has 0 heterocycles. The second kappa shape index (κ2) is 9.49. The van der Waals surface area contributed by atoms with Gasteiger partial charge in [0.15, 0.2) is 0 Å². The number of hydrogen-bond acceptors (Lipinski definition) is 3. The van der Waals surface area contributed by atoms with Crippen LogP contribution in [0.5, 0.6) is 0 Å². The van der Waals surface area contributed by atoms with Crippen LogP contribution in [0.2, 0.25) is 0 Å². The maximum absolute atomic E-state index is 13.6. The average Bonchev–Trinajstić information content (AvgIpc) is 2.70. The number of aryl methyl sites for hydroxylation is 1. The number of rotatable bonds is 6. The molecule has 1 aliphatic carbocycles. The summed E-state index contributed by atoms with van der Waals surface area (Å²) in [7, 11) is 0. The molecule has 0 unspecified atom stereocenters. The molecule has 2 aromatic rings. The summed E-state index contributed by atoms with van der Waals surface area (Å²) in [5.41, 5.74) is 1.87. The topological polar surface area (TPSA) is 70.2 Å². The SMILES string of the molecule is Cc1cc(C(=O)NC2CCCCC2)ccc1NCC(=O)Nc1cc(F)ccc1F. The van der Waals surface area contributed by atoms with Gasteiger partial charge in [0.2, 0.25) is 5.91 Å². The van der Waals surface area contributed by atoms with E-state index in [9.17, 15) is 18.4 Å². The highest BCUT2D eigenvalue weighted by atomic mass is 19.1. The molecule has 0 radical (unpaired) electrons. The van der Waals surface area contributed by atoms with Crippen molar-refractivity contribution in [3.8, 4) is 0 Å². The number of halogens is 2.